The minimum Gasteiger partial charge on any atom is -0.420 e. The number of benzene rings is 1. The molecule has 10 nitrogen and oxygen atoms in total. The second-order valence-electron chi connectivity index (χ2n) is 13.2. The van der Waals surface area contributed by atoms with Gasteiger partial charge in [-0.2, -0.15) is 5.10 Å². The summed E-state index contributed by atoms with van der Waals surface area (Å²) in [6.45, 7) is 0.147. The normalized spacial score (nSPS) is 23.2. The smallest absolute Gasteiger partial charge is 0.420 e. The van der Waals surface area contributed by atoms with Crippen molar-refractivity contribution in [1.29, 1.82) is 0 Å². The number of hydrogen-bond acceptors (Lipinski definition) is 5. The first-order valence-electron chi connectivity index (χ1n) is 16.4. The van der Waals surface area contributed by atoms with Gasteiger partial charge in [0.05, 0.1) is 11.2 Å². The molecule has 3 atom stereocenters. The Balaban J connectivity index is 0.940. The van der Waals surface area contributed by atoms with E-state index in [2.05, 4.69) is 27.9 Å². The molecule has 6 heterocycles. The van der Waals surface area contributed by atoms with Crippen LogP contribution in [0.2, 0.25) is 0 Å². The summed E-state index contributed by atoms with van der Waals surface area (Å²) in [5.41, 5.74) is 3.50. The fourth-order valence-electron chi connectivity index (χ4n) is 7.90. The first-order chi connectivity index (χ1) is 22.1. The Labute approximate surface area is 267 Å². The largest absolute Gasteiger partial charge is 0.639 e. The molecular formula is C33H41BF2N8O2. The van der Waals surface area contributed by atoms with Crippen molar-refractivity contribution in [2.24, 2.45) is 0 Å². The molecule has 1 unspecified atom stereocenters. The Kier molecular flexibility index (Phi) is 7.82. The summed E-state index contributed by atoms with van der Waals surface area (Å²) in [6.07, 6.45) is 11.1. The maximum atomic E-state index is 15.6. The standard InChI is InChI=1S/C33H41BF2N8O2/c1-21-16-22(2)43-29(21)19-26-12-13-30(44(26)34(43,35)36)38-20-31(45)37-14-7-15-42-28-11-5-4-10-27(28)32(40-42)33(46)39-23-17-24-8-6-9-25(18-23)41(24)3/h4-5,10-13,16,19,23-25,38H,6-9,14-15,17-18,20H2,1-3H3,(H,37,45)(H,39,46)/t23?,24-,25+. The van der Waals surface area contributed by atoms with Gasteiger partial charge in [-0.3, -0.25) is 19.6 Å². The number of amidine groups is 1. The molecule has 0 saturated carbocycles. The van der Waals surface area contributed by atoms with Gasteiger partial charge in [-0.05, 0) is 82.5 Å². The Morgan fingerprint density at radius 2 is 1.87 bits per heavy atom. The predicted molar refractivity (Wildman–Crippen MR) is 175 cm³/mol. The molecule has 3 N–H and O–H groups in total. The highest BCUT2D eigenvalue weighted by Gasteiger charge is 2.47. The third-order valence-corrected chi connectivity index (χ3v) is 10.2. The molecule has 2 aromatic heterocycles. The topological polar surface area (TPSA) is 99.2 Å². The third kappa shape index (κ3) is 5.34. The lowest BCUT2D eigenvalue weighted by molar-refractivity contribution is -0.363. The van der Waals surface area contributed by atoms with E-state index in [1.54, 1.807) is 31.2 Å². The molecule has 2 amide bonds. The maximum absolute atomic E-state index is 15.6. The number of hydrogen-bond donors (Lipinski definition) is 3. The van der Waals surface area contributed by atoms with Gasteiger partial charge in [0.2, 0.25) is 5.84 Å². The van der Waals surface area contributed by atoms with Crippen molar-refractivity contribution in [3.63, 3.8) is 0 Å². The highest BCUT2D eigenvalue weighted by atomic mass is 19.2. The summed E-state index contributed by atoms with van der Waals surface area (Å²) in [5, 5.41) is 14.6. The molecule has 46 heavy (non-hydrogen) atoms. The van der Waals surface area contributed by atoms with Crippen LogP contribution in [0.25, 0.3) is 17.0 Å². The van der Waals surface area contributed by atoms with Gasteiger partial charge >= 0.3 is 6.97 Å². The Bertz CT molecular complexity index is 1790. The Morgan fingerprint density at radius 3 is 2.65 bits per heavy atom. The van der Waals surface area contributed by atoms with Gasteiger partial charge < -0.3 is 33.1 Å². The maximum Gasteiger partial charge on any atom is 0.639 e. The van der Waals surface area contributed by atoms with E-state index < -0.39 is 6.97 Å². The van der Waals surface area contributed by atoms with Crippen molar-refractivity contribution < 1.29 is 22.7 Å². The van der Waals surface area contributed by atoms with Crippen molar-refractivity contribution in [2.45, 2.75) is 77.0 Å². The fraction of sp³-hybridized carbons (Fsp3) is 0.455. The van der Waals surface area contributed by atoms with Crippen LogP contribution >= 0.6 is 0 Å². The van der Waals surface area contributed by atoms with Crippen molar-refractivity contribution in [2.75, 3.05) is 20.1 Å². The molecule has 1 aromatic carbocycles. The summed E-state index contributed by atoms with van der Waals surface area (Å²) in [5.74, 6) is -0.245. The predicted octanol–water partition coefficient (Wildman–Crippen LogP) is 3.55. The molecular weight excluding hydrogens is 589 g/mol. The SMILES string of the molecule is Cc1cc(C)n2c1C=C1C=CC(NCC(=O)NCCCn3nc(C(=O)NC4C[C@H]5CCC[C@@H](C4)N5C)c4ccccc43)=[N+]1[B-]2(F)F. The number of piperidine rings is 2. The van der Waals surface area contributed by atoms with Crippen LogP contribution in [0.3, 0.4) is 0 Å². The van der Waals surface area contributed by atoms with Crippen LogP contribution in [0.15, 0.2) is 48.2 Å². The highest BCUT2D eigenvalue weighted by Crippen LogP contribution is 2.34. The molecule has 7 rings (SSSR count). The van der Waals surface area contributed by atoms with Gasteiger partial charge in [-0.1, -0.05) is 24.6 Å². The summed E-state index contributed by atoms with van der Waals surface area (Å²) < 4.78 is 35.2. The summed E-state index contributed by atoms with van der Waals surface area (Å²) in [4.78, 5) is 28.6. The monoisotopic (exact) mass is 630 g/mol. The molecule has 2 saturated heterocycles. The number of aromatic nitrogens is 3. The first kappa shape index (κ1) is 30.4. The number of nitrogens with one attached hydrogen (secondary N) is 3. The molecule has 0 spiro atoms. The number of amides is 2. The molecule has 242 valence electrons. The highest BCUT2D eigenvalue weighted by molar-refractivity contribution is 6.58. The van der Waals surface area contributed by atoms with E-state index in [4.69, 9.17) is 5.10 Å². The molecule has 2 fully saturated rings. The van der Waals surface area contributed by atoms with E-state index in [0.29, 0.717) is 54.4 Å². The lowest BCUT2D eigenvalue weighted by atomic mass is 9.82. The Morgan fingerprint density at radius 1 is 1.11 bits per heavy atom. The second kappa shape index (κ2) is 11.8. The van der Waals surface area contributed by atoms with Crippen LogP contribution in [0.1, 0.15) is 66.0 Å². The van der Waals surface area contributed by atoms with E-state index in [1.807, 2.05) is 35.9 Å². The molecule has 13 heteroatoms. The van der Waals surface area contributed by atoms with Crippen LogP contribution in [0.4, 0.5) is 8.63 Å². The number of rotatable bonds is 8. The molecule has 4 aliphatic heterocycles. The zero-order valence-electron chi connectivity index (χ0n) is 26.6. The van der Waals surface area contributed by atoms with E-state index in [-0.39, 0.29) is 30.2 Å². The lowest BCUT2D eigenvalue weighted by Gasteiger charge is -2.47. The van der Waals surface area contributed by atoms with E-state index in [9.17, 15) is 9.59 Å². The molecule has 3 aromatic rings. The van der Waals surface area contributed by atoms with Crippen molar-refractivity contribution in [1.82, 2.24) is 35.1 Å². The average molecular weight is 631 g/mol. The molecule has 2 bridgehead atoms. The van der Waals surface area contributed by atoms with Crippen molar-refractivity contribution in [3.05, 3.63) is 70.8 Å². The number of para-hydroxylation sites is 1. The third-order valence-electron chi connectivity index (χ3n) is 10.2. The van der Waals surface area contributed by atoms with Crippen molar-refractivity contribution >= 4 is 41.6 Å². The molecule has 4 aliphatic rings. The van der Waals surface area contributed by atoms with Gasteiger partial charge in [0, 0.05) is 54.4 Å². The minimum absolute atomic E-state index is 0.139. The summed E-state index contributed by atoms with van der Waals surface area (Å²) >= 11 is 0. The number of fused-ring (bicyclic) bond motifs is 5. The van der Waals surface area contributed by atoms with Crippen LogP contribution in [0, 0.1) is 13.8 Å². The number of carbonyl (C=O) groups excluding carboxylic acids is 2. The number of aryl methyl sites for hydroxylation is 3. The average Bonchev–Trinajstić information content (AvgIpc) is 3.69. The number of carbonyl (C=O) groups is 2. The quantitative estimate of drug-likeness (QED) is 0.261. The van der Waals surface area contributed by atoms with E-state index in [0.717, 1.165) is 38.3 Å². The van der Waals surface area contributed by atoms with Crippen LogP contribution in [-0.4, -0.2) is 86.5 Å². The fourth-order valence-corrected chi connectivity index (χ4v) is 7.90. The van der Waals surface area contributed by atoms with Crippen LogP contribution in [-0.2, 0) is 11.3 Å². The van der Waals surface area contributed by atoms with E-state index in [1.165, 1.54) is 19.3 Å². The zero-order chi connectivity index (χ0) is 32.2. The van der Waals surface area contributed by atoms with Gasteiger partial charge in [0.15, 0.2) is 12.2 Å². The van der Waals surface area contributed by atoms with Gasteiger partial charge in [-0.15, -0.1) is 0 Å². The second-order valence-corrected chi connectivity index (χ2v) is 13.2. The zero-order valence-corrected chi connectivity index (χ0v) is 26.6. The first-order valence-corrected chi connectivity index (χ1v) is 16.4. The number of allylic oxidation sites excluding steroid dienone is 1. The molecule has 0 radical (unpaired) electrons. The lowest BCUT2D eigenvalue weighted by Crippen LogP contribution is -2.55. The van der Waals surface area contributed by atoms with Gasteiger partial charge in [0.1, 0.15) is 0 Å². The van der Waals surface area contributed by atoms with Gasteiger partial charge in [-0.25, -0.2) is 0 Å². The molecule has 0 aliphatic carbocycles. The van der Waals surface area contributed by atoms with Crippen LogP contribution < -0.4 is 16.0 Å². The van der Waals surface area contributed by atoms with E-state index >= 15 is 8.63 Å². The summed E-state index contributed by atoms with van der Waals surface area (Å²) in [6, 6.07) is 10.7. The number of halogens is 2. The number of nitrogens with zero attached hydrogens (tertiary/aromatic N) is 5. The summed E-state index contributed by atoms with van der Waals surface area (Å²) in [7, 11) is 2.20. The van der Waals surface area contributed by atoms with Crippen molar-refractivity contribution in [3.8, 4) is 0 Å². The minimum atomic E-state index is -4.10. The Hall–Kier alpha value is -4.26. The van der Waals surface area contributed by atoms with Gasteiger partial charge in [0.25, 0.3) is 11.8 Å². The van der Waals surface area contributed by atoms with Crippen LogP contribution in [0.5, 0.6) is 0 Å².